The molecule has 150 valence electrons. The van der Waals surface area contributed by atoms with E-state index in [1.54, 1.807) is 25.4 Å². The molecule has 0 unspecified atom stereocenters. The first-order valence-corrected chi connectivity index (χ1v) is 10.1. The van der Waals surface area contributed by atoms with E-state index in [9.17, 15) is 4.79 Å². The zero-order valence-corrected chi connectivity index (χ0v) is 16.4. The van der Waals surface area contributed by atoms with Crippen molar-refractivity contribution in [2.75, 3.05) is 13.1 Å². The number of nitrogens with zero attached hydrogens (tertiary/aromatic N) is 5. The molecule has 2 fully saturated rings. The zero-order chi connectivity index (χ0) is 19.8. The van der Waals surface area contributed by atoms with E-state index in [1.807, 2.05) is 17.0 Å². The van der Waals surface area contributed by atoms with Gasteiger partial charge in [0.05, 0.1) is 0 Å². The van der Waals surface area contributed by atoms with Crippen LogP contribution in [0.4, 0.5) is 0 Å². The third-order valence-electron chi connectivity index (χ3n) is 6.06. The fraction of sp³-hybridized carbons (Fsp3) is 0.476. The summed E-state index contributed by atoms with van der Waals surface area (Å²) in [7, 11) is 0. The summed E-state index contributed by atoms with van der Waals surface area (Å²) in [5.74, 6) is 2.57. The predicted molar refractivity (Wildman–Crippen MR) is 103 cm³/mol. The Morgan fingerprint density at radius 3 is 2.59 bits per heavy atom. The third kappa shape index (κ3) is 3.54. The van der Waals surface area contributed by atoms with Crippen LogP contribution < -0.4 is 0 Å². The molecule has 0 atom stereocenters. The number of carbonyl (C=O) groups excluding carboxylic acids is 1. The lowest BCUT2D eigenvalue weighted by atomic mass is 9.73. The topological polar surface area (TPSA) is 98.2 Å². The van der Waals surface area contributed by atoms with Gasteiger partial charge >= 0.3 is 0 Å². The van der Waals surface area contributed by atoms with Gasteiger partial charge in [0, 0.05) is 42.5 Å². The van der Waals surface area contributed by atoms with Crippen molar-refractivity contribution in [3.05, 3.63) is 47.9 Å². The molecule has 0 aromatic carbocycles. The Kier molecular flexibility index (Phi) is 4.41. The molecular weight excluding hydrogens is 370 g/mol. The fourth-order valence-electron chi connectivity index (χ4n) is 4.21. The summed E-state index contributed by atoms with van der Waals surface area (Å²) < 4.78 is 10.6. The molecule has 0 bridgehead atoms. The van der Waals surface area contributed by atoms with E-state index in [-0.39, 0.29) is 11.3 Å². The van der Waals surface area contributed by atoms with E-state index in [0.717, 1.165) is 36.6 Å². The van der Waals surface area contributed by atoms with E-state index in [2.05, 4.69) is 15.3 Å². The second-order valence-corrected chi connectivity index (χ2v) is 8.20. The van der Waals surface area contributed by atoms with Crippen LogP contribution in [0.25, 0.3) is 11.5 Å². The molecule has 8 nitrogen and oxygen atoms in total. The first kappa shape index (κ1) is 18.0. The van der Waals surface area contributed by atoms with Gasteiger partial charge in [0.1, 0.15) is 5.76 Å². The van der Waals surface area contributed by atoms with Gasteiger partial charge in [-0.15, -0.1) is 0 Å². The number of hydrogen-bond acceptors (Lipinski definition) is 7. The highest BCUT2D eigenvalue weighted by Crippen LogP contribution is 2.46. The summed E-state index contributed by atoms with van der Waals surface area (Å²) in [6, 6.07) is 5.42. The van der Waals surface area contributed by atoms with E-state index in [0.29, 0.717) is 30.4 Å². The molecule has 8 heteroatoms. The SMILES string of the molecule is Cc1cc(C(=O)N2CCC(CC3CC3)(c3noc(-c4ccncc4)n3)CC2)no1. The van der Waals surface area contributed by atoms with Crippen molar-refractivity contribution in [1.82, 2.24) is 25.2 Å². The minimum atomic E-state index is -0.146. The van der Waals surface area contributed by atoms with Crippen molar-refractivity contribution in [3.63, 3.8) is 0 Å². The van der Waals surface area contributed by atoms with E-state index in [4.69, 9.17) is 14.0 Å². The number of aromatic nitrogens is 4. The van der Waals surface area contributed by atoms with Gasteiger partial charge in [0.25, 0.3) is 11.8 Å². The normalized spacial score (nSPS) is 18.7. The minimum Gasteiger partial charge on any atom is -0.361 e. The van der Waals surface area contributed by atoms with Crippen LogP contribution in [-0.2, 0) is 5.41 Å². The number of carbonyl (C=O) groups is 1. The van der Waals surface area contributed by atoms with Crippen molar-refractivity contribution < 1.29 is 13.8 Å². The van der Waals surface area contributed by atoms with Crippen LogP contribution >= 0.6 is 0 Å². The van der Waals surface area contributed by atoms with Crippen LogP contribution in [0.3, 0.4) is 0 Å². The summed E-state index contributed by atoms with van der Waals surface area (Å²) in [6.07, 6.45) is 8.65. The average molecular weight is 393 g/mol. The molecule has 29 heavy (non-hydrogen) atoms. The van der Waals surface area contributed by atoms with Crippen LogP contribution in [0.1, 0.15) is 54.2 Å². The Labute approximate surface area is 168 Å². The zero-order valence-electron chi connectivity index (χ0n) is 16.4. The molecule has 1 saturated carbocycles. The first-order valence-electron chi connectivity index (χ1n) is 10.1. The lowest BCUT2D eigenvalue weighted by Gasteiger charge is -2.39. The number of pyridine rings is 1. The fourth-order valence-corrected chi connectivity index (χ4v) is 4.21. The van der Waals surface area contributed by atoms with Crippen LogP contribution in [-0.4, -0.2) is 44.2 Å². The molecule has 1 aliphatic heterocycles. The van der Waals surface area contributed by atoms with E-state index in [1.165, 1.54) is 12.8 Å². The number of likely N-dealkylation sites (tertiary alicyclic amines) is 1. The van der Waals surface area contributed by atoms with Crippen LogP contribution in [0.5, 0.6) is 0 Å². The molecule has 0 N–H and O–H groups in total. The van der Waals surface area contributed by atoms with Gasteiger partial charge in [-0.25, -0.2) is 0 Å². The van der Waals surface area contributed by atoms with E-state index >= 15 is 0 Å². The molecule has 3 aromatic heterocycles. The van der Waals surface area contributed by atoms with Crippen molar-refractivity contribution in [3.8, 4) is 11.5 Å². The lowest BCUT2D eigenvalue weighted by molar-refractivity contribution is 0.0635. The molecule has 1 saturated heterocycles. The number of piperidine rings is 1. The van der Waals surface area contributed by atoms with Gasteiger partial charge in [-0.05, 0) is 44.2 Å². The minimum absolute atomic E-state index is 0.0764. The molecule has 0 spiro atoms. The van der Waals surface area contributed by atoms with Gasteiger partial charge in [-0.2, -0.15) is 4.98 Å². The highest BCUT2D eigenvalue weighted by atomic mass is 16.5. The van der Waals surface area contributed by atoms with Crippen LogP contribution in [0.2, 0.25) is 0 Å². The molecule has 1 amide bonds. The second-order valence-electron chi connectivity index (χ2n) is 8.20. The number of rotatable bonds is 5. The molecule has 4 heterocycles. The molecular formula is C21H23N5O3. The Morgan fingerprint density at radius 1 is 1.17 bits per heavy atom. The summed E-state index contributed by atoms with van der Waals surface area (Å²) in [5, 5.41) is 8.23. The number of hydrogen-bond donors (Lipinski definition) is 0. The third-order valence-corrected chi connectivity index (χ3v) is 6.06. The number of amides is 1. The summed E-state index contributed by atoms with van der Waals surface area (Å²) >= 11 is 0. The maximum absolute atomic E-state index is 12.7. The van der Waals surface area contributed by atoms with E-state index < -0.39 is 0 Å². The quantitative estimate of drug-likeness (QED) is 0.655. The van der Waals surface area contributed by atoms with Crippen molar-refractivity contribution in [2.45, 2.75) is 44.4 Å². The first-order chi connectivity index (χ1) is 14.1. The number of aryl methyl sites for hydroxylation is 1. The monoisotopic (exact) mass is 393 g/mol. The molecule has 1 aliphatic carbocycles. The summed E-state index contributed by atoms with van der Waals surface area (Å²) in [6.45, 7) is 3.09. The van der Waals surface area contributed by atoms with Gasteiger partial charge in [-0.3, -0.25) is 9.78 Å². The van der Waals surface area contributed by atoms with Crippen LogP contribution in [0, 0.1) is 12.8 Å². The Hall–Kier alpha value is -3.03. The lowest BCUT2D eigenvalue weighted by Crippen LogP contribution is -2.46. The van der Waals surface area contributed by atoms with Gasteiger partial charge in [0.2, 0.25) is 0 Å². The highest BCUT2D eigenvalue weighted by molar-refractivity contribution is 5.92. The van der Waals surface area contributed by atoms with Crippen molar-refractivity contribution >= 4 is 5.91 Å². The summed E-state index contributed by atoms with van der Waals surface area (Å²) in [5.41, 5.74) is 1.10. The van der Waals surface area contributed by atoms with Gasteiger partial charge < -0.3 is 13.9 Å². The smallest absolute Gasteiger partial charge is 0.276 e. The molecule has 2 aliphatic rings. The second kappa shape index (κ2) is 7.09. The predicted octanol–water partition coefficient (Wildman–Crippen LogP) is 3.40. The van der Waals surface area contributed by atoms with Gasteiger partial charge in [0.15, 0.2) is 11.5 Å². The molecule has 3 aromatic rings. The largest absolute Gasteiger partial charge is 0.361 e. The van der Waals surface area contributed by atoms with Crippen molar-refractivity contribution in [2.24, 2.45) is 5.92 Å². The highest BCUT2D eigenvalue weighted by Gasteiger charge is 2.45. The average Bonchev–Trinajstić information content (AvgIpc) is 3.24. The van der Waals surface area contributed by atoms with Gasteiger partial charge in [-0.1, -0.05) is 23.2 Å². The Balaban J connectivity index is 1.36. The molecule has 0 radical (unpaired) electrons. The van der Waals surface area contributed by atoms with Crippen molar-refractivity contribution in [1.29, 1.82) is 0 Å². The Bertz CT molecular complexity index is 1000. The Morgan fingerprint density at radius 2 is 1.93 bits per heavy atom. The standard InChI is InChI=1S/C21H23N5O3/c1-14-12-17(24-28-14)19(27)26-10-6-21(7-11-26,13-15-2-3-15)20-23-18(29-25-20)16-4-8-22-9-5-16/h4-5,8-9,12,15H,2-3,6-7,10-11,13H2,1H3. The summed E-state index contributed by atoms with van der Waals surface area (Å²) in [4.78, 5) is 23.4. The molecule has 5 rings (SSSR count). The maximum Gasteiger partial charge on any atom is 0.276 e. The van der Waals surface area contributed by atoms with Crippen LogP contribution in [0.15, 0.2) is 39.6 Å². The maximum atomic E-state index is 12.7.